The van der Waals surface area contributed by atoms with Crippen LogP contribution in [-0.2, 0) is 16.0 Å². The fourth-order valence-electron chi connectivity index (χ4n) is 2.63. The van der Waals surface area contributed by atoms with E-state index in [0.717, 1.165) is 12.1 Å². The second kappa shape index (κ2) is 7.91. The summed E-state index contributed by atoms with van der Waals surface area (Å²) in [6, 6.07) is 4.51. The predicted molar refractivity (Wildman–Crippen MR) is 91.7 cm³/mol. The Hall–Kier alpha value is -3.34. The Morgan fingerprint density at radius 1 is 1.37 bits per heavy atom. The van der Waals surface area contributed by atoms with Crippen LogP contribution in [0.5, 0.6) is 0 Å². The maximum atomic E-state index is 13.4. The highest BCUT2D eigenvalue weighted by Crippen LogP contribution is 2.21. The monoisotopic (exact) mass is 378 g/mol. The number of rotatable bonds is 5. The molecule has 0 radical (unpaired) electrons. The van der Waals surface area contributed by atoms with E-state index in [4.69, 9.17) is 9.94 Å². The number of benzene rings is 1. The number of nitrogens with zero attached hydrogens (tertiary/aromatic N) is 3. The summed E-state index contributed by atoms with van der Waals surface area (Å²) in [7, 11) is 0. The van der Waals surface area contributed by atoms with Gasteiger partial charge in [-0.25, -0.2) is 10.2 Å². The van der Waals surface area contributed by atoms with Crippen molar-refractivity contribution in [3.8, 4) is 0 Å². The van der Waals surface area contributed by atoms with Crippen LogP contribution in [0.2, 0.25) is 0 Å². The van der Waals surface area contributed by atoms with Gasteiger partial charge in [0.05, 0.1) is 24.5 Å². The number of hydrogen-bond donors (Lipinski definition) is 3. The van der Waals surface area contributed by atoms with Crippen LogP contribution in [0.25, 0.3) is 0 Å². The van der Waals surface area contributed by atoms with Gasteiger partial charge >= 0.3 is 5.69 Å². The number of carbonyl (C=O) groups is 1. The molecule has 1 amide bonds. The van der Waals surface area contributed by atoms with Crippen LogP contribution in [0.1, 0.15) is 5.82 Å². The Kier molecular flexibility index (Phi) is 5.41. The lowest BCUT2D eigenvalue weighted by Crippen LogP contribution is -2.37. The van der Waals surface area contributed by atoms with Crippen LogP contribution >= 0.6 is 0 Å². The first-order valence-electron chi connectivity index (χ1n) is 8.11. The van der Waals surface area contributed by atoms with Crippen molar-refractivity contribution < 1.29 is 24.1 Å². The van der Waals surface area contributed by atoms with Crippen LogP contribution in [-0.4, -0.2) is 52.3 Å². The molecule has 1 saturated heterocycles. The number of halogens is 1. The van der Waals surface area contributed by atoms with Crippen molar-refractivity contribution in [1.29, 1.82) is 0 Å². The third-order valence-corrected chi connectivity index (χ3v) is 3.88. The second-order valence-electron chi connectivity index (χ2n) is 5.81. The van der Waals surface area contributed by atoms with E-state index in [1.54, 1.807) is 0 Å². The van der Waals surface area contributed by atoms with Crippen LogP contribution in [0.4, 0.5) is 21.6 Å². The van der Waals surface area contributed by atoms with Gasteiger partial charge in [-0.1, -0.05) is 0 Å². The molecule has 0 unspecified atom stereocenters. The van der Waals surface area contributed by atoms with E-state index < -0.39 is 22.3 Å². The second-order valence-corrected chi connectivity index (χ2v) is 5.81. The van der Waals surface area contributed by atoms with Crippen molar-refractivity contribution >= 4 is 23.1 Å². The van der Waals surface area contributed by atoms with Crippen molar-refractivity contribution in [2.24, 2.45) is 0 Å². The quantitative estimate of drug-likeness (QED) is 0.654. The van der Waals surface area contributed by atoms with E-state index in [9.17, 15) is 18.9 Å². The lowest BCUT2D eigenvalue weighted by Gasteiger charge is -2.27. The molecule has 1 aliphatic rings. The highest BCUT2D eigenvalue weighted by atomic mass is 19.1. The molecule has 0 spiro atoms. The van der Waals surface area contributed by atoms with Crippen molar-refractivity contribution in [3.05, 3.63) is 51.2 Å². The van der Waals surface area contributed by atoms with Gasteiger partial charge in [0.2, 0.25) is 11.7 Å². The molecule has 3 rings (SSSR count). The number of carbonyl (C=O) groups excluding carboxylic acids is 1. The predicted octanol–water partition coefficient (Wildman–Crippen LogP) is 0.726. The molecule has 0 saturated carbocycles. The van der Waals surface area contributed by atoms with E-state index in [1.807, 2.05) is 4.90 Å². The minimum atomic E-state index is -0.935. The minimum absolute atomic E-state index is 0.109. The van der Waals surface area contributed by atoms with E-state index >= 15 is 0 Å². The molecule has 1 aromatic heterocycles. The van der Waals surface area contributed by atoms with E-state index in [0.29, 0.717) is 32.1 Å². The number of ether oxygens (including phenoxy) is 1. The van der Waals surface area contributed by atoms with E-state index in [2.05, 4.69) is 15.3 Å². The molecule has 27 heavy (non-hydrogen) atoms. The summed E-state index contributed by atoms with van der Waals surface area (Å²) in [6.07, 6.45) is -0.236. The number of hydrogen-bond acceptors (Lipinski definition) is 6. The zero-order valence-electron chi connectivity index (χ0n) is 14.1. The summed E-state index contributed by atoms with van der Waals surface area (Å²) in [5.41, 5.74) is -0.910. The van der Waals surface area contributed by atoms with Gasteiger partial charge in [0, 0.05) is 30.9 Å². The zero-order chi connectivity index (χ0) is 19.4. The van der Waals surface area contributed by atoms with Crippen LogP contribution < -0.4 is 15.8 Å². The fraction of sp³-hybridized carbons (Fsp3) is 0.312. The number of aromatic nitrogens is 2. The first-order valence-corrected chi connectivity index (χ1v) is 8.11. The number of morpholine rings is 1. The normalized spacial score (nSPS) is 14.0. The first-order chi connectivity index (χ1) is 12.9. The van der Waals surface area contributed by atoms with Crippen LogP contribution in [0.3, 0.4) is 0 Å². The maximum Gasteiger partial charge on any atom is 0.353 e. The Morgan fingerprint density at radius 3 is 2.81 bits per heavy atom. The van der Waals surface area contributed by atoms with Crippen LogP contribution in [0, 0.1) is 10.7 Å². The molecular weight excluding hydrogens is 361 g/mol. The summed E-state index contributed by atoms with van der Waals surface area (Å²) < 4.78 is 18.7. The summed E-state index contributed by atoms with van der Waals surface area (Å²) in [5.74, 6) is -0.854. The van der Waals surface area contributed by atoms with Gasteiger partial charge in [0.15, 0.2) is 0 Å². The summed E-state index contributed by atoms with van der Waals surface area (Å²) in [5, 5.41) is 11.3. The van der Waals surface area contributed by atoms with Gasteiger partial charge in [-0.05, 0) is 12.1 Å². The summed E-state index contributed by atoms with van der Waals surface area (Å²) in [6.45, 7) is 2.23. The molecule has 0 bridgehead atoms. The highest BCUT2D eigenvalue weighted by molar-refractivity contribution is 5.92. The average molecular weight is 378 g/mol. The van der Waals surface area contributed by atoms with E-state index in [-0.39, 0.29) is 23.5 Å². The number of amides is 1. The molecule has 142 valence electrons. The summed E-state index contributed by atoms with van der Waals surface area (Å²) >= 11 is 0. The smallest absolute Gasteiger partial charge is 0.353 e. The Labute approximate surface area is 152 Å². The zero-order valence-corrected chi connectivity index (χ0v) is 14.1. The molecular formula is C16H17FN5O5+. The lowest BCUT2D eigenvalue weighted by molar-refractivity contribution is -0.730. The molecule has 11 heteroatoms. The third kappa shape index (κ3) is 4.64. The van der Waals surface area contributed by atoms with Gasteiger partial charge in [0.1, 0.15) is 11.6 Å². The third-order valence-electron chi connectivity index (χ3n) is 3.88. The van der Waals surface area contributed by atoms with E-state index in [1.165, 1.54) is 12.1 Å². The summed E-state index contributed by atoms with van der Waals surface area (Å²) in [4.78, 5) is 43.0. The number of anilines is 2. The fourth-order valence-corrected chi connectivity index (χ4v) is 2.63. The van der Waals surface area contributed by atoms with Crippen molar-refractivity contribution in [3.63, 3.8) is 0 Å². The van der Waals surface area contributed by atoms with Gasteiger partial charge in [-0.15, -0.1) is 0 Å². The first kappa shape index (κ1) is 18.5. The van der Waals surface area contributed by atoms with Crippen molar-refractivity contribution in [1.82, 2.24) is 9.97 Å². The molecule has 2 aromatic rings. The van der Waals surface area contributed by atoms with Gasteiger partial charge in [-0.3, -0.25) is 9.59 Å². The molecule has 2 heterocycles. The molecule has 1 fully saturated rings. The number of nitrogens with one attached hydrogen (secondary N) is 2. The van der Waals surface area contributed by atoms with Gasteiger partial charge < -0.3 is 19.9 Å². The highest BCUT2D eigenvalue weighted by Gasteiger charge is 2.20. The van der Waals surface area contributed by atoms with Crippen molar-refractivity contribution in [2.75, 3.05) is 36.5 Å². The Balaban J connectivity index is 1.72. The average Bonchev–Trinajstić information content (AvgIpc) is 2.63. The topological polar surface area (TPSA) is 128 Å². The number of aromatic amines is 1. The molecule has 0 aliphatic carbocycles. The largest absolute Gasteiger partial charge is 0.378 e. The minimum Gasteiger partial charge on any atom is -0.378 e. The van der Waals surface area contributed by atoms with Gasteiger partial charge in [0.25, 0.3) is 10.5 Å². The Bertz CT molecular complexity index is 926. The molecule has 10 nitrogen and oxygen atoms in total. The standard InChI is InChI=1S/C16H16FN5O5/c17-11-2-1-10(7-12(11)22(25)26)18-15(23)8-13-19-14(9-16(24)20-13)21-3-5-27-6-4-21/h1-2,7,9H,3-6,8H2,(H2-,18,19,20,23,24,25,26)/p+1. The van der Waals surface area contributed by atoms with Gasteiger partial charge in [-0.2, -0.15) is 4.39 Å². The molecule has 1 aliphatic heterocycles. The Morgan fingerprint density at radius 2 is 2.11 bits per heavy atom. The lowest BCUT2D eigenvalue weighted by atomic mass is 10.2. The SMILES string of the molecule is O=C(Cc1nc(N2CCOCC2)cc(=O)[nH]1)Nc1ccc(F)c([N+](=O)O)c1. The van der Waals surface area contributed by atoms with Crippen LogP contribution in [0.15, 0.2) is 29.1 Å². The molecule has 0 atom stereocenters. The molecule has 1 aromatic carbocycles. The molecule has 3 N–H and O–H groups in total. The number of H-pyrrole nitrogens is 1. The van der Waals surface area contributed by atoms with Crippen molar-refractivity contribution in [2.45, 2.75) is 6.42 Å². The maximum absolute atomic E-state index is 13.4.